The minimum Gasteiger partial charge on any atom is -0.508 e. The van der Waals surface area contributed by atoms with Gasteiger partial charge in [-0.1, -0.05) is 0 Å². The number of methoxy groups -OCH3 is 1. The van der Waals surface area contributed by atoms with E-state index in [1.54, 1.807) is 0 Å². The number of amides is 1. The Morgan fingerprint density at radius 2 is 1.81 bits per heavy atom. The van der Waals surface area contributed by atoms with Gasteiger partial charge < -0.3 is 14.0 Å². The Morgan fingerprint density at radius 1 is 1.23 bits per heavy atom. The first-order chi connectivity index (χ1) is 12.0. The first-order valence-corrected chi connectivity index (χ1v) is 8.28. The Morgan fingerprint density at radius 3 is 2.31 bits per heavy atom. The minimum atomic E-state index is -5.95. The van der Waals surface area contributed by atoms with Crippen molar-refractivity contribution in [3.63, 3.8) is 0 Å². The van der Waals surface area contributed by atoms with Crippen molar-refractivity contribution in [2.75, 3.05) is 7.11 Å². The SMILES string of the molecule is COC(=O)[C@@H]1CC(OS(=O)(=O)C(F)(F)F)=CN1C(=O)c1ccc(O)cc1. The van der Waals surface area contributed by atoms with E-state index in [4.69, 9.17) is 0 Å². The van der Waals surface area contributed by atoms with E-state index in [0.717, 1.165) is 7.11 Å². The average Bonchev–Trinajstić information content (AvgIpc) is 2.96. The molecule has 1 amide bonds. The van der Waals surface area contributed by atoms with Gasteiger partial charge in [-0.25, -0.2) is 4.79 Å². The number of rotatable bonds is 4. The summed E-state index contributed by atoms with van der Waals surface area (Å²) in [5.74, 6) is -2.69. The molecule has 1 aliphatic heterocycles. The fourth-order valence-electron chi connectivity index (χ4n) is 2.12. The van der Waals surface area contributed by atoms with Crippen molar-refractivity contribution in [3.8, 4) is 5.75 Å². The summed E-state index contributed by atoms with van der Waals surface area (Å²) in [6, 6.07) is 3.40. The molecule has 1 aliphatic rings. The second-order valence-electron chi connectivity index (χ2n) is 5.08. The summed E-state index contributed by atoms with van der Waals surface area (Å²) in [5, 5.41) is 9.22. The molecule has 1 atom stereocenters. The number of esters is 1. The smallest absolute Gasteiger partial charge is 0.508 e. The van der Waals surface area contributed by atoms with E-state index in [0.29, 0.717) is 11.1 Å². The largest absolute Gasteiger partial charge is 0.534 e. The third-order valence-electron chi connectivity index (χ3n) is 3.34. The molecule has 1 N–H and O–H groups in total. The van der Waals surface area contributed by atoms with Gasteiger partial charge in [0.15, 0.2) is 0 Å². The second kappa shape index (κ2) is 6.86. The van der Waals surface area contributed by atoms with E-state index in [1.165, 1.54) is 24.3 Å². The number of carbonyl (C=O) groups excluding carboxylic acids is 2. The topological polar surface area (TPSA) is 110 Å². The molecule has 26 heavy (non-hydrogen) atoms. The maximum atomic E-state index is 12.5. The molecule has 1 heterocycles. The summed E-state index contributed by atoms with van der Waals surface area (Å²) in [6.45, 7) is 0. The lowest BCUT2D eigenvalue weighted by Crippen LogP contribution is -2.39. The number of nitrogens with zero attached hydrogens (tertiary/aromatic N) is 1. The van der Waals surface area contributed by atoms with E-state index in [9.17, 15) is 36.3 Å². The summed E-state index contributed by atoms with van der Waals surface area (Å²) in [6.07, 6.45) is 0.0753. The first kappa shape index (κ1) is 19.6. The van der Waals surface area contributed by atoms with Gasteiger partial charge in [0.2, 0.25) is 0 Å². The van der Waals surface area contributed by atoms with Gasteiger partial charge >= 0.3 is 21.6 Å². The van der Waals surface area contributed by atoms with Gasteiger partial charge in [-0.15, -0.1) is 0 Å². The quantitative estimate of drug-likeness (QED) is 0.467. The number of aromatic hydroxyl groups is 1. The van der Waals surface area contributed by atoms with Crippen LogP contribution in [0.5, 0.6) is 5.75 Å². The fraction of sp³-hybridized carbons (Fsp3) is 0.286. The van der Waals surface area contributed by atoms with Crippen molar-refractivity contribution in [1.82, 2.24) is 4.90 Å². The molecular formula is C14H12F3NO7S. The molecule has 0 saturated carbocycles. The number of phenols is 1. The third-order valence-corrected chi connectivity index (χ3v) is 4.34. The lowest BCUT2D eigenvalue weighted by Gasteiger charge is -2.21. The Kier molecular flexibility index (Phi) is 5.16. The van der Waals surface area contributed by atoms with E-state index < -0.39 is 45.7 Å². The molecule has 12 heteroatoms. The van der Waals surface area contributed by atoms with Crippen LogP contribution < -0.4 is 0 Å². The normalized spacial score (nSPS) is 17.6. The second-order valence-corrected chi connectivity index (χ2v) is 6.62. The highest BCUT2D eigenvalue weighted by Gasteiger charge is 2.50. The van der Waals surface area contributed by atoms with E-state index in [-0.39, 0.29) is 11.3 Å². The van der Waals surface area contributed by atoms with E-state index >= 15 is 0 Å². The summed E-state index contributed by atoms with van der Waals surface area (Å²) in [4.78, 5) is 25.0. The summed E-state index contributed by atoms with van der Waals surface area (Å²) in [7, 11) is -4.95. The maximum absolute atomic E-state index is 12.5. The van der Waals surface area contributed by atoms with Crippen LogP contribution in [0.3, 0.4) is 0 Å². The predicted molar refractivity (Wildman–Crippen MR) is 78.8 cm³/mol. The molecule has 0 aromatic heterocycles. The Balaban J connectivity index is 2.33. The number of alkyl halides is 3. The van der Waals surface area contributed by atoms with Gasteiger partial charge in [-0.05, 0) is 24.3 Å². The minimum absolute atomic E-state index is 0.00659. The molecule has 8 nitrogen and oxygen atoms in total. The maximum Gasteiger partial charge on any atom is 0.534 e. The lowest BCUT2D eigenvalue weighted by atomic mass is 10.1. The zero-order valence-electron chi connectivity index (χ0n) is 13.1. The fourth-order valence-corrected chi connectivity index (χ4v) is 2.60. The van der Waals surface area contributed by atoms with Crippen LogP contribution in [0.1, 0.15) is 16.8 Å². The van der Waals surface area contributed by atoms with Crippen molar-refractivity contribution < 1.29 is 45.2 Å². The van der Waals surface area contributed by atoms with Crippen LogP contribution in [0.25, 0.3) is 0 Å². The van der Waals surface area contributed by atoms with Crippen molar-refractivity contribution in [2.24, 2.45) is 0 Å². The van der Waals surface area contributed by atoms with Gasteiger partial charge in [0.05, 0.1) is 7.11 Å². The van der Waals surface area contributed by atoms with Crippen LogP contribution in [0, 0.1) is 0 Å². The number of halogens is 3. The molecule has 0 spiro atoms. The monoisotopic (exact) mass is 395 g/mol. The number of hydrogen-bond donors (Lipinski definition) is 1. The molecule has 0 saturated heterocycles. The van der Waals surface area contributed by atoms with Gasteiger partial charge in [0.25, 0.3) is 5.91 Å². The number of carbonyl (C=O) groups is 2. The van der Waals surface area contributed by atoms with Crippen LogP contribution in [-0.4, -0.2) is 49.0 Å². The number of hydrogen-bond acceptors (Lipinski definition) is 7. The van der Waals surface area contributed by atoms with Gasteiger partial charge in [-0.2, -0.15) is 21.6 Å². The molecular weight excluding hydrogens is 383 g/mol. The predicted octanol–water partition coefficient (Wildman–Crippen LogP) is 1.49. The van der Waals surface area contributed by atoms with Gasteiger partial charge in [0, 0.05) is 18.2 Å². The van der Waals surface area contributed by atoms with Crippen LogP contribution >= 0.6 is 0 Å². The molecule has 0 aliphatic carbocycles. The summed E-state index contributed by atoms with van der Waals surface area (Å²) < 4.78 is 68.0. The van der Waals surface area contributed by atoms with Crippen molar-refractivity contribution in [2.45, 2.75) is 18.0 Å². The van der Waals surface area contributed by atoms with Crippen LogP contribution in [-0.2, 0) is 23.8 Å². The Bertz CT molecular complexity index is 846. The molecule has 142 valence electrons. The molecule has 0 unspecified atom stereocenters. The molecule has 0 radical (unpaired) electrons. The van der Waals surface area contributed by atoms with Crippen molar-refractivity contribution >= 4 is 22.0 Å². The molecule has 1 aromatic rings. The van der Waals surface area contributed by atoms with E-state index in [2.05, 4.69) is 8.92 Å². The van der Waals surface area contributed by atoms with Crippen LogP contribution in [0.15, 0.2) is 36.2 Å². The highest BCUT2D eigenvalue weighted by molar-refractivity contribution is 7.87. The first-order valence-electron chi connectivity index (χ1n) is 6.87. The van der Waals surface area contributed by atoms with Gasteiger partial charge in [0.1, 0.15) is 17.6 Å². The van der Waals surface area contributed by atoms with Crippen molar-refractivity contribution in [1.29, 1.82) is 0 Å². The standard InChI is InChI=1S/C14H12F3NO7S/c1-24-13(21)11-6-10(25-26(22,23)14(15,16)17)7-18(11)12(20)8-2-4-9(19)5-3-8/h2-5,7,11,19H,6H2,1H3/t11-/m0/s1. The zero-order valence-corrected chi connectivity index (χ0v) is 13.9. The van der Waals surface area contributed by atoms with Crippen molar-refractivity contribution in [3.05, 3.63) is 41.8 Å². The molecule has 0 fully saturated rings. The highest BCUT2D eigenvalue weighted by Crippen LogP contribution is 2.32. The average molecular weight is 395 g/mol. The van der Waals surface area contributed by atoms with Crippen LogP contribution in [0.4, 0.5) is 13.2 Å². The third kappa shape index (κ3) is 3.90. The molecule has 0 bridgehead atoms. The van der Waals surface area contributed by atoms with Crippen LogP contribution in [0.2, 0.25) is 0 Å². The Labute approximate surface area is 145 Å². The van der Waals surface area contributed by atoms with Gasteiger partial charge in [-0.3, -0.25) is 9.69 Å². The molecule has 1 aromatic carbocycles. The summed E-state index contributed by atoms with van der Waals surface area (Å²) >= 11 is 0. The lowest BCUT2D eigenvalue weighted by molar-refractivity contribution is -0.144. The highest BCUT2D eigenvalue weighted by atomic mass is 32.2. The molecule has 2 rings (SSSR count). The Hall–Kier alpha value is -2.76. The summed E-state index contributed by atoms with van der Waals surface area (Å²) in [5.41, 5.74) is -5.67. The number of benzene rings is 1. The van der Waals surface area contributed by atoms with E-state index in [1.807, 2.05) is 0 Å². The number of phenolic OH excluding ortho intramolecular Hbond substituents is 1. The zero-order chi connectivity index (χ0) is 19.7. The number of ether oxygens (including phenoxy) is 1.